The topological polar surface area (TPSA) is 237 Å². The first-order chi connectivity index (χ1) is 35.5. The molecule has 3 aromatic carbocycles. The number of aliphatic hydroxyl groups excluding tert-OH is 1. The number of nitrogens with zero attached hydrogens (tertiary/aromatic N) is 5. The van der Waals surface area contributed by atoms with Gasteiger partial charge in [0.05, 0.1) is 51.8 Å². The monoisotopic (exact) mass is 1090 g/mol. The first-order valence-electron chi connectivity index (χ1n) is 25.1. The molecule has 2 aromatic heterocycles. The van der Waals surface area contributed by atoms with E-state index in [-0.39, 0.29) is 52.4 Å². The molecule has 404 valence electrons. The number of β-amino-alcohol motifs (C(OH)–C–C–N with tert-alkyl or cyclic N) is 1. The highest BCUT2D eigenvalue weighted by molar-refractivity contribution is 7.92. The van der Waals surface area contributed by atoms with Crippen molar-refractivity contribution in [1.29, 1.82) is 0 Å². The van der Waals surface area contributed by atoms with Gasteiger partial charge in [-0.2, -0.15) is 4.98 Å². The average molecular weight is 1090 g/mol. The van der Waals surface area contributed by atoms with Gasteiger partial charge in [-0.3, -0.25) is 19.2 Å². The van der Waals surface area contributed by atoms with Crippen LogP contribution < -0.4 is 31.3 Å². The van der Waals surface area contributed by atoms with Gasteiger partial charge in [0.2, 0.25) is 23.7 Å². The lowest BCUT2D eigenvalue weighted by atomic mass is 9.85. The number of hydrogen-bond acceptors (Lipinski definition) is 15. The van der Waals surface area contributed by atoms with Crippen molar-refractivity contribution in [3.63, 3.8) is 0 Å². The number of aryl methyl sites for hydroxylation is 1. The number of hydrogen-bond donors (Lipinski definition) is 6. The molecule has 0 spiro atoms. The lowest BCUT2D eigenvalue weighted by Crippen LogP contribution is -2.57. The van der Waals surface area contributed by atoms with Gasteiger partial charge in [0, 0.05) is 39.2 Å². The van der Waals surface area contributed by atoms with Crippen LogP contribution in [-0.2, 0) is 30.6 Å². The quantitative estimate of drug-likeness (QED) is 0.0340. The summed E-state index contributed by atoms with van der Waals surface area (Å²) in [7, 11) is 0.119. The first-order valence-corrected chi connectivity index (χ1v) is 27.9. The summed E-state index contributed by atoms with van der Waals surface area (Å²) in [5.74, 6) is -0.266. The van der Waals surface area contributed by atoms with E-state index >= 15 is 0 Å². The summed E-state index contributed by atoms with van der Waals surface area (Å²) in [6, 6.07) is 16.1. The van der Waals surface area contributed by atoms with Crippen molar-refractivity contribution in [2.24, 2.45) is 5.41 Å². The van der Waals surface area contributed by atoms with Crippen LogP contribution in [0.3, 0.4) is 0 Å². The number of carbonyl (C=O) groups excluding carboxylic acids is 4. The van der Waals surface area contributed by atoms with E-state index in [1.165, 1.54) is 29.4 Å². The number of aliphatic hydroxyl groups is 1. The lowest BCUT2D eigenvalue weighted by Gasteiger charge is -2.35. The summed E-state index contributed by atoms with van der Waals surface area (Å²) < 4.78 is 31.9. The number of halogens is 1. The minimum atomic E-state index is -3.58. The van der Waals surface area contributed by atoms with Gasteiger partial charge in [-0.1, -0.05) is 75.2 Å². The molecule has 5 aromatic rings. The second kappa shape index (κ2) is 25.6. The van der Waals surface area contributed by atoms with E-state index in [0.29, 0.717) is 28.7 Å². The summed E-state index contributed by atoms with van der Waals surface area (Å²) in [4.78, 5) is 70.1. The number of ether oxygens (including phenoxy) is 1. The molecule has 1 aliphatic heterocycles. The lowest BCUT2D eigenvalue weighted by molar-refractivity contribution is -0.144. The van der Waals surface area contributed by atoms with Crippen molar-refractivity contribution in [3.8, 4) is 16.2 Å². The third-order valence-corrected chi connectivity index (χ3v) is 16.6. The molecule has 1 aliphatic rings. The van der Waals surface area contributed by atoms with Crippen LogP contribution in [0.2, 0.25) is 5.02 Å². The maximum atomic E-state index is 13.6. The van der Waals surface area contributed by atoms with Gasteiger partial charge in [0.25, 0.3) is 5.91 Å². The Kier molecular flexibility index (Phi) is 19.8. The number of methoxy groups -OCH3 is 1. The van der Waals surface area contributed by atoms with E-state index in [1.807, 2.05) is 71.0 Å². The Labute approximate surface area is 449 Å². The fourth-order valence-corrected chi connectivity index (χ4v) is 10.8. The molecule has 21 heteroatoms. The number of likely N-dealkylation sites (N-methyl/N-ethyl adjacent to an activating group) is 1. The molecule has 0 bridgehead atoms. The highest BCUT2D eigenvalue weighted by atomic mass is 35.5. The number of anilines is 4. The SMILES string of the molecule is COc1cc(CCN(C)CCCCCNC(=O)c2ncc(-c3ccc([C@H](C)NC(=O)[C@@H]4C[C@@H](O)CN4C(=O)[C@@H](NC(C)=O)C(C)(C)C)cc3)s2)c(C)cc1Nc1ncc(Cl)c(Nc2ccccc2S(=O)(=O)C(C)C)n1. The third-order valence-electron chi connectivity index (χ3n) is 13.1. The van der Waals surface area contributed by atoms with Crippen LogP contribution in [0, 0.1) is 12.3 Å². The summed E-state index contributed by atoms with van der Waals surface area (Å²) in [5, 5.41) is 25.5. The van der Waals surface area contributed by atoms with E-state index in [9.17, 15) is 32.7 Å². The summed E-state index contributed by atoms with van der Waals surface area (Å²) in [6.07, 6.45) is 5.89. The summed E-state index contributed by atoms with van der Waals surface area (Å²) in [6.45, 7) is 16.3. The largest absolute Gasteiger partial charge is 0.495 e. The molecule has 4 atom stereocenters. The van der Waals surface area contributed by atoms with Crippen LogP contribution in [0.15, 0.2) is 78.0 Å². The van der Waals surface area contributed by atoms with Crippen LogP contribution >= 0.6 is 22.9 Å². The first kappa shape index (κ1) is 58.1. The molecule has 0 saturated carbocycles. The minimum absolute atomic E-state index is 0.000351. The fourth-order valence-electron chi connectivity index (χ4n) is 8.65. The van der Waals surface area contributed by atoms with Crippen molar-refractivity contribution in [2.75, 3.05) is 51.0 Å². The Morgan fingerprint density at radius 2 is 1.67 bits per heavy atom. The van der Waals surface area contributed by atoms with E-state index < -0.39 is 50.6 Å². The minimum Gasteiger partial charge on any atom is -0.495 e. The molecule has 6 rings (SSSR count). The molecule has 18 nitrogen and oxygen atoms in total. The summed E-state index contributed by atoms with van der Waals surface area (Å²) in [5.41, 5.74) is 4.31. The van der Waals surface area contributed by atoms with Crippen molar-refractivity contribution < 1.29 is 37.4 Å². The molecule has 0 unspecified atom stereocenters. The van der Waals surface area contributed by atoms with E-state index in [1.54, 1.807) is 51.4 Å². The number of carbonyl (C=O) groups is 4. The Balaban J connectivity index is 0.920. The predicted molar refractivity (Wildman–Crippen MR) is 295 cm³/mol. The molecule has 0 radical (unpaired) electrons. The third kappa shape index (κ3) is 15.2. The molecule has 3 heterocycles. The number of likely N-dealkylation sites (tertiary alicyclic amines) is 1. The number of benzene rings is 3. The maximum Gasteiger partial charge on any atom is 0.280 e. The number of para-hydroxylation sites is 1. The molecule has 6 N–H and O–H groups in total. The van der Waals surface area contributed by atoms with Gasteiger partial charge in [0.1, 0.15) is 22.9 Å². The highest BCUT2D eigenvalue weighted by Gasteiger charge is 2.44. The second-order valence-electron chi connectivity index (χ2n) is 20.4. The molecule has 75 heavy (non-hydrogen) atoms. The number of sulfone groups is 1. The van der Waals surface area contributed by atoms with Gasteiger partial charge < -0.3 is 46.2 Å². The zero-order chi connectivity index (χ0) is 54.8. The predicted octanol–water partition coefficient (Wildman–Crippen LogP) is 8.00. The Morgan fingerprint density at radius 1 is 0.947 bits per heavy atom. The molecular formula is C54H71ClN10O8S2. The van der Waals surface area contributed by atoms with E-state index in [0.717, 1.165) is 65.9 Å². The van der Waals surface area contributed by atoms with Crippen LogP contribution in [0.4, 0.5) is 23.1 Å². The van der Waals surface area contributed by atoms with Crippen molar-refractivity contribution in [3.05, 3.63) is 99.8 Å². The van der Waals surface area contributed by atoms with Crippen molar-refractivity contribution in [1.82, 2.24) is 40.7 Å². The summed E-state index contributed by atoms with van der Waals surface area (Å²) >= 11 is 7.77. The van der Waals surface area contributed by atoms with Crippen LogP contribution in [0.5, 0.6) is 5.75 Å². The highest BCUT2D eigenvalue weighted by Crippen LogP contribution is 2.34. The Morgan fingerprint density at radius 3 is 2.35 bits per heavy atom. The number of nitrogens with one attached hydrogen (secondary N) is 5. The normalized spacial score (nSPS) is 15.6. The number of unbranched alkanes of at least 4 members (excludes halogenated alkanes) is 2. The zero-order valence-corrected chi connectivity index (χ0v) is 46.8. The fraction of sp³-hybridized carbons (Fsp3) is 0.463. The van der Waals surface area contributed by atoms with Crippen LogP contribution in [0.1, 0.15) is 107 Å². The Bertz CT molecular complexity index is 2930. The molecule has 0 aliphatic carbocycles. The number of aromatic nitrogens is 3. The number of amides is 4. The number of thiazole rings is 1. The Hall–Kier alpha value is -6.19. The molecular weight excluding hydrogens is 1020 g/mol. The van der Waals surface area contributed by atoms with Gasteiger partial charge >= 0.3 is 0 Å². The van der Waals surface area contributed by atoms with Crippen LogP contribution in [-0.4, -0.2) is 126 Å². The molecule has 4 amide bonds. The van der Waals surface area contributed by atoms with Crippen molar-refractivity contribution >= 4 is 79.5 Å². The van der Waals surface area contributed by atoms with Gasteiger partial charge in [0.15, 0.2) is 20.7 Å². The number of rotatable bonds is 23. The average Bonchev–Trinajstić information content (AvgIpc) is 4.02. The van der Waals surface area contributed by atoms with Crippen LogP contribution in [0.25, 0.3) is 10.4 Å². The molecule has 1 saturated heterocycles. The van der Waals surface area contributed by atoms with Crippen molar-refractivity contribution in [2.45, 2.75) is 122 Å². The van der Waals surface area contributed by atoms with E-state index in [4.69, 9.17) is 16.3 Å². The van der Waals surface area contributed by atoms with Gasteiger partial charge in [-0.15, -0.1) is 11.3 Å². The standard InChI is InChI=1S/C54H71ClN10O8S2/c1-32(2)75(71,72)46-17-13-12-16-41(46)61-48-40(55)29-58-53(63-48)62-42-26-33(3)38(27-44(42)73-10)22-25-64(9)24-15-11-14-23-56-50(69)51-57-30-45(74-51)37-20-18-36(19-21-37)34(4)59-49(68)43-28-39(67)31-65(43)52(70)47(54(6,7)8)60-35(5)66/h12-13,16-21,26-27,29-30,32,34,39,43,47,67H,11,14-15,22-25,28,31H2,1-10H3,(H,56,69)(H,59,68)(H,60,66)(H2,58,61,62,63)/t34-,39+,43-,47+/m0/s1. The second-order valence-corrected chi connectivity index (χ2v) is 24.3. The van der Waals surface area contributed by atoms with Gasteiger partial charge in [-0.05, 0) is 112 Å². The van der Waals surface area contributed by atoms with E-state index in [2.05, 4.69) is 53.5 Å². The van der Waals surface area contributed by atoms with Gasteiger partial charge in [-0.25, -0.2) is 18.4 Å². The zero-order valence-electron chi connectivity index (χ0n) is 44.4. The smallest absolute Gasteiger partial charge is 0.280 e. The molecule has 1 fully saturated rings. The maximum absolute atomic E-state index is 13.6.